The van der Waals surface area contributed by atoms with Crippen molar-refractivity contribution in [2.75, 3.05) is 11.5 Å². The molecule has 31 heavy (non-hydrogen) atoms. The lowest BCUT2D eigenvalue weighted by molar-refractivity contribution is -0.147. The molecule has 1 saturated heterocycles. The van der Waals surface area contributed by atoms with E-state index >= 15 is 0 Å². The fourth-order valence-corrected chi connectivity index (χ4v) is 5.98. The third-order valence-corrected chi connectivity index (χ3v) is 7.76. The number of aliphatic carboxylic acids is 1. The zero-order chi connectivity index (χ0) is 21.9. The van der Waals surface area contributed by atoms with Gasteiger partial charge in [-0.25, -0.2) is 24.6 Å². The highest BCUT2D eigenvalue weighted by Gasteiger charge is 2.51. The van der Waals surface area contributed by atoms with E-state index in [4.69, 9.17) is 5.73 Å². The van der Waals surface area contributed by atoms with E-state index in [-0.39, 0.29) is 29.1 Å². The minimum absolute atomic E-state index is 0.0337. The summed E-state index contributed by atoms with van der Waals surface area (Å²) >= 11 is 2.87. The standard InChI is InChI=1S/C18H21N7O4S2/c1-8-4-12(21-11-5-23(22-25(8)11)18(29)20-10-2-3-10)30-6-9-7-31-16-13(19)15(26)24(16)14(9)17(27)28/h4-5,10,13,16,22H,2-3,6-7,19H2,1H3,(H,20,29)(H,27,28)/t13-,16-/m1/s1. The smallest absolute Gasteiger partial charge is 0.352 e. The molecule has 5 rings (SSSR count). The second-order valence-corrected chi connectivity index (χ2v) is 9.83. The first-order chi connectivity index (χ1) is 14.8. The van der Waals surface area contributed by atoms with Crippen LogP contribution in [0.1, 0.15) is 19.8 Å². The van der Waals surface area contributed by atoms with Gasteiger partial charge in [-0.2, -0.15) is 0 Å². The first-order valence-electron chi connectivity index (χ1n) is 9.77. The molecular weight excluding hydrogens is 442 g/mol. The summed E-state index contributed by atoms with van der Waals surface area (Å²) in [5.41, 5.74) is 10.3. The maximum atomic E-state index is 12.3. The van der Waals surface area contributed by atoms with Gasteiger partial charge in [-0.15, -0.1) is 29.1 Å². The summed E-state index contributed by atoms with van der Waals surface area (Å²) in [7, 11) is 0. The van der Waals surface area contributed by atoms with Crippen LogP contribution < -0.4 is 16.6 Å². The minimum atomic E-state index is -1.12. The Labute approximate surface area is 186 Å². The fraction of sp³-hybridized carbons (Fsp3) is 0.444. The molecule has 4 heterocycles. The summed E-state index contributed by atoms with van der Waals surface area (Å²) < 4.78 is 0. The number of carboxylic acid groups (broad SMARTS) is 1. The molecule has 0 bridgehead atoms. The highest BCUT2D eigenvalue weighted by atomic mass is 32.2. The van der Waals surface area contributed by atoms with Crippen molar-refractivity contribution in [2.45, 2.75) is 37.2 Å². The number of allylic oxidation sites excluding steroid dienone is 1. The summed E-state index contributed by atoms with van der Waals surface area (Å²) in [5, 5.41) is 16.0. The lowest BCUT2D eigenvalue weighted by Gasteiger charge is -2.48. The van der Waals surface area contributed by atoms with E-state index in [2.05, 4.69) is 15.8 Å². The highest BCUT2D eigenvalue weighted by Crippen LogP contribution is 2.40. The number of hydrazine groups is 2. The van der Waals surface area contributed by atoms with Crippen molar-refractivity contribution in [3.63, 3.8) is 0 Å². The van der Waals surface area contributed by atoms with Gasteiger partial charge in [0.2, 0.25) is 5.91 Å². The Morgan fingerprint density at radius 1 is 1.45 bits per heavy atom. The molecule has 0 aromatic rings. The van der Waals surface area contributed by atoms with Crippen molar-refractivity contribution >= 4 is 46.5 Å². The molecule has 13 heteroatoms. The molecule has 5 N–H and O–H groups in total. The SMILES string of the molecule is CC1=CC(SCC2=C(C(=O)O)N3C(=O)[C@@H](N)[C@H]3SC2)=NC2=CN(C(=O)NC3CC3)NN12. The van der Waals surface area contributed by atoms with Crippen LogP contribution in [0.15, 0.2) is 40.1 Å². The van der Waals surface area contributed by atoms with Gasteiger partial charge in [0.15, 0.2) is 5.82 Å². The van der Waals surface area contributed by atoms with Crippen molar-refractivity contribution in [3.8, 4) is 0 Å². The molecule has 3 amide bonds. The van der Waals surface area contributed by atoms with E-state index in [0.29, 0.717) is 27.9 Å². The molecule has 4 aliphatic heterocycles. The average Bonchev–Trinajstić information content (AvgIpc) is 3.45. The van der Waals surface area contributed by atoms with Crippen LogP contribution in [0.4, 0.5) is 4.79 Å². The quantitative estimate of drug-likeness (QED) is 0.433. The predicted molar refractivity (Wildman–Crippen MR) is 116 cm³/mol. The summed E-state index contributed by atoms with van der Waals surface area (Å²) in [4.78, 5) is 42.0. The Morgan fingerprint density at radius 2 is 2.23 bits per heavy atom. The Hall–Kier alpha value is -2.48. The zero-order valence-electron chi connectivity index (χ0n) is 16.6. The first kappa shape index (κ1) is 20.4. The van der Waals surface area contributed by atoms with Crippen LogP contribution in [-0.4, -0.2) is 71.9 Å². The van der Waals surface area contributed by atoms with Crippen LogP contribution in [0.2, 0.25) is 0 Å². The number of rotatable bonds is 4. The second kappa shape index (κ2) is 7.58. The summed E-state index contributed by atoms with van der Waals surface area (Å²) in [6.45, 7) is 1.89. The van der Waals surface area contributed by atoms with Crippen molar-refractivity contribution in [1.82, 2.24) is 25.8 Å². The molecule has 5 aliphatic rings. The Bertz CT molecular complexity index is 1000. The number of carbonyl (C=O) groups is 3. The van der Waals surface area contributed by atoms with E-state index in [1.54, 1.807) is 11.2 Å². The number of nitrogens with zero attached hydrogens (tertiary/aromatic N) is 4. The molecule has 0 aromatic carbocycles. The lowest BCUT2D eigenvalue weighted by Crippen LogP contribution is -2.68. The normalized spacial score (nSPS) is 27.2. The molecule has 0 aromatic heterocycles. The fourth-order valence-electron chi connectivity index (χ4n) is 3.59. The number of carboxylic acids is 1. The minimum Gasteiger partial charge on any atom is -0.477 e. The summed E-state index contributed by atoms with van der Waals surface area (Å²) in [5.74, 6) is -0.0221. The first-order valence-corrected chi connectivity index (χ1v) is 11.8. The molecule has 1 saturated carbocycles. The molecule has 0 radical (unpaired) electrons. The Balaban J connectivity index is 1.30. The van der Waals surface area contributed by atoms with Crippen molar-refractivity contribution in [3.05, 3.63) is 35.1 Å². The van der Waals surface area contributed by atoms with Gasteiger partial charge in [0.1, 0.15) is 22.2 Å². The van der Waals surface area contributed by atoms with E-state index in [1.165, 1.54) is 33.4 Å². The van der Waals surface area contributed by atoms with E-state index in [9.17, 15) is 19.5 Å². The van der Waals surface area contributed by atoms with Crippen molar-refractivity contribution < 1.29 is 19.5 Å². The molecular formula is C18H21N7O4S2. The van der Waals surface area contributed by atoms with Crippen LogP contribution in [0.3, 0.4) is 0 Å². The maximum Gasteiger partial charge on any atom is 0.352 e. The number of aliphatic imine (C=N–C) groups is 1. The largest absolute Gasteiger partial charge is 0.477 e. The topological polar surface area (TPSA) is 144 Å². The maximum absolute atomic E-state index is 12.3. The molecule has 1 aliphatic carbocycles. The van der Waals surface area contributed by atoms with Crippen molar-refractivity contribution in [2.24, 2.45) is 10.7 Å². The summed E-state index contributed by atoms with van der Waals surface area (Å²) in [6.07, 6.45) is 5.49. The number of thioether (sulfide) groups is 2. The van der Waals surface area contributed by atoms with E-state index in [0.717, 1.165) is 18.5 Å². The molecule has 2 atom stereocenters. The number of fused-ring (bicyclic) bond motifs is 2. The molecule has 164 valence electrons. The van der Waals surface area contributed by atoms with E-state index < -0.39 is 12.0 Å². The van der Waals surface area contributed by atoms with Crippen LogP contribution in [0.5, 0.6) is 0 Å². The number of hydrogen-bond acceptors (Lipinski definition) is 9. The Kier molecular flexibility index (Phi) is 5.00. The van der Waals surface area contributed by atoms with Gasteiger partial charge in [0.25, 0.3) is 0 Å². The number of nitrogens with one attached hydrogen (secondary N) is 2. The predicted octanol–water partition coefficient (Wildman–Crippen LogP) is 0.325. The van der Waals surface area contributed by atoms with Crippen LogP contribution in [0.25, 0.3) is 0 Å². The molecule has 0 unspecified atom stereocenters. The number of carbonyl (C=O) groups excluding carboxylic acids is 2. The molecule has 2 fully saturated rings. The second-order valence-electron chi connectivity index (χ2n) is 7.73. The van der Waals surface area contributed by atoms with Crippen molar-refractivity contribution in [1.29, 1.82) is 0 Å². The van der Waals surface area contributed by atoms with Gasteiger partial charge in [0.05, 0.1) is 6.20 Å². The van der Waals surface area contributed by atoms with Gasteiger partial charge < -0.3 is 16.2 Å². The number of hydrogen-bond donors (Lipinski definition) is 4. The number of β-lactam (4-membered cyclic amide) rings is 1. The van der Waals surface area contributed by atoms with Gasteiger partial charge >= 0.3 is 12.0 Å². The third kappa shape index (κ3) is 3.60. The van der Waals surface area contributed by atoms with Crippen LogP contribution >= 0.6 is 23.5 Å². The lowest BCUT2D eigenvalue weighted by atomic mass is 10.0. The summed E-state index contributed by atoms with van der Waals surface area (Å²) in [6, 6.07) is -0.632. The van der Waals surface area contributed by atoms with Crippen LogP contribution in [-0.2, 0) is 9.59 Å². The van der Waals surface area contributed by atoms with E-state index in [1.807, 2.05) is 13.0 Å². The number of amides is 3. The molecule has 0 spiro atoms. The van der Waals surface area contributed by atoms with Gasteiger partial charge in [0, 0.05) is 23.2 Å². The van der Waals surface area contributed by atoms with Gasteiger partial charge in [-0.05, 0) is 31.4 Å². The third-order valence-electron chi connectivity index (χ3n) is 5.40. The average molecular weight is 464 g/mol. The monoisotopic (exact) mass is 463 g/mol. The van der Waals surface area contributed by atoms with Gasteiger partial charge in [-0.1, -0.05) is 0 Å². The number of urea groups is 1. The highest BCUT2D eigenvalue weighted by molar-refractivity contribution is 8.14. The van der Waals surface area contributed by atoms with Gasteiger partial charge in [-0.3, -0.25) is 9.69 Å². The molecule has 11 nitrogen and oxygen atoms in total. The number of nitrogens with two attached hydrogens (primary N) is 1. The van der Waals surface area contributed by atoms with Crippen LogP contribution in [0, 0.1) is 0 Å². The Morgan fingerprint density at radius 3 is 2.94 bits per heavy atom. The zero-order valence-corrected chi connectivity index (χ0v) is 18.2.